The average molecular weight is 226 g/mol. The summed E-state index contributed by atoms with van der Waals surface area (Å²) in [5, 5.41) is 0. The molecule has 0 amide bonds. The van der Waals surface area contributed by atoms with E-state index in [0.29, 0.717) is 23.7 Å². The summed E-state index contributed by atoms with van der Waals surface area (Å²) >= 11 is 0. The van der Waals surface area contributed by atoms with E-state index >= 15 is 0 Å². The van der Waals surface area contributed by atoms with Crippen LogP contribution in [0.4, 0.5) is 0 Å². The van der Waals surface area contributed by atoms with E-state index in [0.717, 1.165) is 6.42 Å². The zero-order valence-corrected chi connectivity index (χ0v) is 11.4. The van der Waals surface area contributed by atoms with Crippen LogP contribution in [0.2, 0.25) is 0 Å². The molecule has 0 heteroatoms. The molecule has 4 atom stereocenters. The van der Waals surface area contributed by atoms with E-state index in [-0.39, 0.29) is 0 Å². The monoisotopic (exact) mass is 226 g/mol. The quantitative estimate of drug-likeness (QED) is 0.583. The maximum atomic E-state index is 3.93. The Kier molecular flexibility index (Phi) is 3.29. The lowest BCUT2D eigenvalue weighted by atomic mass is 9.67. The lowest BCUT2D eigenvalue weighted by molar-refractivity contribution is 0.276. The molecule has 0 saturated heterocycles. The van der Waals surface area contributed by atoms with Gasteiger partial charge < -0.3 is 0 Å². The van der Waals surface area contributed by atoms with E-state index < -0.39 is 0 Å². The Bertz CT molecular complexity index is 450. The van der Waals surface area contributed by atoms with Gasteiger partial charge in [-0.05, 0) is 37.2 Å². The van der Waals surface area contributed by atoms with Crippen molar-refractivity contribution in [3.63, 3.8) is 0 Å². The number of hydrogen-bond donors (Lipinski definition) is 0. The number of hydrogen-bond acceptors (Lipinski definition) is 0. The van der Waals surface area contributed by atoms with Crippen molar-refractivity contribution in [1.82, 2.24) is 0 Å². The molecular formula is C17H22. The Hall–Kier alpha value is -1.22. The van der Waals surface area contributed by atoms with Crippen LogP contribution < -0.4 is 0 Å². The van der Waals surface area contributed by atoms with E-state index in [1.54, 1.807) is 0 Å². The van der Waals surface area contributed by atoms with Crippen LogP contribution in [0.25, 0.3) is 0 Å². The standard InChI is InChI=1S/C17H22/c1-6-15-10-12(3)17-13(4)11(2)8-7-9-16(17)14(15)5/h6,10-11,13,16-17H,1,9H2,2-5H3. The first-order valence-corrected chi connectivity index (χ1v) is 6.56. The molecule has 2 aliphatic rings. The van der Waals surface area contributed by atoms with Crippen molar-refractivity contribution in [1.29, 1.82) is 0 Å². The summed E-state index contributed by atoms with van der Waals surface area (Å²) in [6.07, 6.45) is 5.31. The third-order valence-electron chi connectivity index (χ3n) is 4.58. The first-order chi connectivity index (χ1) is 8.06. The van der Waals surface area contributed by atoms with Crippen LogP contribution in [-0.4, -0.2) is 0 Å². The van der Waals surface area contributed by atoms with Crippen LogP contribution in [0.5, 0.6) is 0 Å². The van der Waals surface area contributed by atoms with Gasteiger partial charge in [-0.3, -0.25) is 0 Å². The van der Waals surface area contributed by atoms with Gasteiger partial charge in [-0.2, -0.15) is 0 Å². The van der Waals surface area contributed by atoms with E-state index in [9.17, 15) is 0 Å². The molecule has 0 aliphatic heterocycles. The molecule has 0 N–H and O–H groups in total. The molecule has 0 heterocycles. The van der Waals surface area contributed by atoms with Crippen LogP contribution >= 0.6 is 0 Å². The smallest absolute Gasteiger partial charge is 0.0206 e. The Labute approximate surface area is 105 Å². The second-order valence-electron chi connectivity index (χ2n) is 5.54. The largest absolute Gasteiger partial charge is 0.102 e. The summed E-state index contributed by atoms with van der Waals surface area (Å²) in [6.45, 7) is 13.1. The fraction of sp³-hybridized carbons (Fsp3) is 0.529. The van der Waals surface area contributed by atoms with Crippen molar-refractivity contribution < 1.29 is 0 Å². The highest BCUT2D eigenvalue weighted by atomic mass is 14.4. The summed E-state index contributed by atoms with van der Waals surface area (Å²) in [5.74, 6) is 9.17. The minimum Gasteiger partial charge on any atom is -0.102 e. The second kappa shape index (κ2) is 4.57. The zero-order chi connectivity index (χ0) is 12.6. The van der Waals surface area contributed by atoms with E-state index in [1.165, 1.54) is 16.7 Å². The summed E-state index contributed by atoms with van der Waals surface area (Å²) in [6, 6.07) is 0. The van der Waals surface area contributed by atoms with Gasteiger partial charge in [0.2, 0.25) is 0 Å². The van der Waals surface area contributed by atoms with Gasteiger partial charge in [0.05, 0.1) is 0 Å². The van der Waals surface area contributed by atoms with Gasteiger partial charge in [0, 0.05) is 12.3 Å². The molecule has 0 aromatic carbocycles. The fourth-order valence-electron chi connectivity index (χ4n) is 3.31. The highest BCUT2D eigenvalue weighted by Gasteiger charge is 2.35. The summed E-state index contributed by atoms with van der Waals surface area (Å²) < 4.78 is 0. The highest BCUT2D eigenvalue weighted by molar-refractivity contribution is 5.43. The molecule has 0 bridgehead atoms. The second-order valence-corrected chi connectivity index (χ2v) is 5.54. The van der Waals surface area contributed by atoms with Gasteiger partial charge in [-0.15, -0.1) is 5.92 Å². The lowest BCUT2D eigenvalue weighted by Crippen LogP contribution is -2.28. The molecule has 2 rings (SSSR count). The van der Waals surface area contributed by atoms with Gasteiger partial charge in [0.15, 0.2) is 0 Å². The number of allylic oxidation sites excluding steroid dienone is 5. The Morgan fingerprint density at radius 2 is 2.06 bits per heavy atom. The molecule has 90 valence electrons. The van der Waals surface area contributed by atoms with E-state index in [2.05, 4.69) is 52.2 Å². The molecule has 0 spiro atoms. The Balaban J connectivity index is 2.46. The fourth-order valence-corrected chi connectivity index (χ4v) is 3.31. The maximum Gasteiger partial charge on any atom is 0.0206 e. The minimum atomic E-state index is 0.506. The zero-order valence-electron chi connectivity index (χ0n) is 11.4. The summed E-state index contributed by atoms with van der Waals surface area (Å²) in [7, 11) is 0. The summed E-state index contributed by atoms with van der Waals surface area (Å²) in [5.41, 5.74) is 4.29. The van der Waals surface area contributed by atoms with E-state index in [4.69, 9.17) is 0 Å². The van der Waals surface area contributed by atoms with Gasteiger partial charge >= 0.3 is 0 Å². The molecule has 17 heavy (non-hydrogen) atoms. The molecule has 0 aromatic heterocycles. The van der Waals surface area contributed by atoms with Crippen LogP contribution in [0.1, 0.15) is 34.1 Å². The molecule has 4 unspecified atom stereocenters. The highest BCUT2D eigenvalue weighted by Crippen LogP contribution is 2.44. The van der Waals surface area contributed by atoms with Crippen LogP contribution in [0, 0.1) is 35.5 Å². The van der Waals surface area contributed by atoms with Crippen molar-refractivity contribution in [2.24, 2.45) is 23.7 Å². The topological polar surface area (TPSA) is 0 Å². The predicted molar refractivity (Wildman–Crippen MR) is 74.4 cm³/mol. The molecule has 0 nitrogen and oxygen atoms in total. The van der Waals surface area contributed by atoms with Crippen molar-refractivity contribution in [2.45, 2.75) is 34.1 Å². The average Bonchev–Trinajstić information content (AvgIpc) is 2.45. The van der Waals surface area contributed by atoms with Gasteiger partial charge in [-0.25, -0.2) is 0 Å². The van der Waals surface area contributed by atoms with Crippen LogP contribution in [-0.2, 0) is 0 Å². The van der Waals surface area contributed by atoms with Crippen molar-refractivity contribution in [3.8, 4) is 11.8 Å². The lowest BCUT2D eigenvalue weighted by Gasteiger charge is -2.36. The SMILES string of the molecule is C=CC1=C(C)C2CC#CC(C)C(C)C2C(C)=C1. The van der Waals surface area contributed by atoms with Crippen LogP contribution in [0.15, 0.2) is 35.5 Å². The Morgan fingerprint density at radius 1 is 1.35 bits per heavy atom. The maximum absolute atomic E-state index is 3.93. The normalized spacial score (nSPS) is 36.4. The molecule has 0 saturated carbocycles. The van der Waals surface area contributed by atoms with Crippen molar-refractivity contribution in [3.05, 3.63) is 35.5 Å². The third kappa shape index (κ3) is 2.00. The van der Waals surface area contributed by atoms with Gasteiger partial charge in [-0.1, -0.05) is 49.6 Å². The van der Waals surface area contributed by atoms with Crippen molar-refractivity contribution in [2.75, 3.05) is 0 Å². The molecule has 0 aromatic rings. The predicted octanol–water partition coefficient (Wildman–Crippen LogP) is 4.36. The van der Waals surface area contributed by atoms with Gasteiger partial charge in [0.1, 0.15) is 0 Å². The molecule has 0 fully saturated rings. The summed E-state index contributed by atoms with van der Waals surface area (Å²) in [4.78, 5) is 0. The number of rotatable bonds is 1. The van der Waals surface area contributed by atoms with Gasteiger partial charge in [0.25, 0.3) is 0 Å². The first-order valence-electron chi connectivity index (χ1n) is 6.56. The molecule has 0 radical (unpaired) electrons. The third-order valence-corrected chi connectivity index (χ3v) is 4.58. The van der Waals surface area contributed by atoms with E-state index in [1.807, 2.05) is 6.08 Å². The van der Waals surface area contributed by atoms with Crippen molar-refractivity contribution >= 4 is 0 Å². The first kappa shape index (κ1) is 12.2. The number of fused-ring (bicyclic) bond motifs is 1. The molecule has 2 aliphatic carbocycles. The minimum absolute atomic E-state index is 0.506. The van der Waals surface area contributed by atoms with Crippen LogP contribution in [0.3, 0.4) is 0 Å². The molecular weight excluding hydrogens is 204 g/mol. The Morgan fingerprint density at radius 3 is 2.71 bits per heavy atom.